The summed E-state index contributed by atoms with van der Waals surface area (Å²) in [6.45, 7) is 8.27. The molecule has 4 heteroatoms. The van der Waals surface area contributed by atoms with Crippen LogP contribution in [0.1, 0.15) is 39.0 Å². The number of aromatic nitrogens is 1. The second-order valence-electron chi connectivity index (χ2n) is 4.01. The quantitative estimate of drug-likeness (QED) is 0.825. The normalized spacial score (nSPS) is 9.17. The highest BCUT2D eigenvalue weighted by atomic mass is 16.2. The summed E-state index contributed by atoms with van der Waals surface area (Å²) in [6.07, 6.45) is 1.63. The Bertz CT molecular complexity index is 404. The highest BCUT2D eigenvalue weighted by Crippen LogP contribution is 2.06. The highest BCUT2D eigenvalue weighted by Gasteiger charge is 2.12. The molecule has 0 saturated carbocycles. The monoisotopic (exact) mass is 247 g/mol. The minimum atomic E-state index is -0.00339. The van der Waals surface area contributed by atoms with E-state index in [1.54, 1.807) is 24.2 Å². The Balaban J connectivity index is 0.00000137. The molecule has 0 atom stereocenters. The Kier molecular flexibility index (Phi) is 7.37. The number of carbonyl (C=O) groups excluding carboxylic acids is 1. The van der Waals surface area contributed by atoms with Gasteiger partial charge in [-0.2, -0.15) is 5.26 Å². The van der Waals surface area contributed by atoms with Crippen molar-refractivity contribution in [1.29, 1.82) is 5.26 Å². The van der Waals surface area contributed by atoms with Crippen LogP contribution in [0.4, 0.5) is 0 Å². The Labute approximate surface area is 109 Å². The van der Waals surface area contributed by atoms with E-state index in [0.717, 1.165) is 5.56 Å². The van der Waals surface area contributed by atoms with Gasteiger partial charge >= 0.3 is 0 Å². The summed E-state index contributed by atoms with van der Waals surface area (Å²) in [5.74, 6) is 0.0979. The van der Waals surface area contributed by atoms with Crippen molar-refractivity contribution in [3.63, 3.8) is 0 Å². The average molecular weight is 247 g/mol. The van der Waals surface area contributed by atoms with Crippen molar-refractivity contribution in [3.8, 4) is 6.07 Å². The van der Waals surface area contributed by atoms with E-state index in [9.17, 15) is 4.79 Å². The molecule has 0 aliphatic heterocycles. The van der Waals surface area contributed by atoms with Gasteiger partial charge in [0.2, 0.25) is 5.91 Å². The van der Waals surface area contributed by atoms with Gasteiger partial charge in [0.05, 0.1) is 0 Å². The van der Waals surface area contributed by atoms with Gasteiger partial charge in [-0.15, -0.1) is 0 Å². The zero-order chi connectivity index (χ0) is 14.1. The number of amides is 1. The summed E-state index contributed by atoms with van der Waals surface area (Å²) >= 11 is 0. The number of rotatable bonds is 3. The molecule has 1 aromatic rings. The van der Waals surface area contributed by atoms with Crippen LogP contribution in [0.2, 0.25) is 0 Å². The summed E-state index contributed by atoms with van der Waals surface area (Å²) in [4.78, 5) is 17.2. The second kappa shape index (κ2) is 8.24. The molecule has 1 heterocycles. The van der Waals surface area contributed by atoms with Crippen molar-refractivity contribution in [2.45, 2.75) is 34.2 Å². The van der Waals surface area contributed by atoms with Crippen LogP contribution in [0.3, 0.4) is 0 Å². The van der Waals surface area contributed by atoms with E-state index in [2.05, 4.69) is 4.98 Å². The third kappa shape index (κ3) is 4.96. The van der Waals surface area contributed by atoms with E-state index >= 15 is 0 Å². The summed E-state index contributed by atoms with van der Waals surface area (Å²) in [5.41, 5.74) is 1.32. The largest absolute Gasteiger partial charge is 0.341 e. The SMILES string of the molecule is CC.CC(C)C(=O)N(C)Cc1ccc(C#N)nc1. The third-order valence-electron chi connectivity index (χ3n) is 2.23. The number of pyridine rings is 1. The fourth-order valence-corrected chi connectivity index (χ4v) is 1.38. The molecule has 0 aliphatic rings. The van der Waals surface area contributed by atoms with Crippen molar-refractivity contribution >= 4 is 5.91 Å². The van der Waals surface area contributed by atoms with Gasteiger partial charge in [-0.3, -0.25) is 4.79 Å². The zero-order valence-corrected chi connectivity index (χ0v) is 11.8. The van der Waals surface area contributed by atoms with Gasteiger partial charge in [0.25, 0.3) is 0 Å². The molecular weight excluding hydrogens is 226 g/mol. The lowest BCUT2D eigenvalue weighted by molar-refractivity contribution is -0.133. The van der Waals surface area contributed by atoms with Gasteiger partial charge in [-0.1, -0.05) is 33.8 Å². The lowest BCUT2D eigenvalue weighted by Gasteiger charge is -2.19. The minimum Gasteiger partial charge on any atom is -0.341 e. The molecule has 4 nitrogen and oxygen atoms in total. The van der Waals surface area contributed by atoms with Crippen molar-refractivity contribution in [2.75, 3.05) is 7.05 Å². The molecule has 0 N–H and O–H groups in total. The van der Waals surface area contributed by atoms with Crippen molar-refractivity contribution in [3.05, 3.63) is 29.6 Å². The van der Waals surface area contributed by atoms with Crippen molar-refractivity contribution in [1.82, 2.24) is 9.88 Å². The molecule has 1 amide bonds. The van der Waals surface area contributed by atoms with Crippen LogP contribution in [0.5, 0.6) is 0 Å². The van der Waals surface area contributed by atoms with Crippen molar-refractivity contribution in [2.24, 2.45) is 5.92 Å². The number of hydrogen-bond donors (Lipinski definition) is 0. The first-order chi connectivity index (χ1) is 8.54. The van der Waals surface area contributed by atoms with Crippen LogP contribution in [0, 0.1) is 17.2 Å². The molecule has 0 fully saturated rings. The summed E-state index contributed by atoms with van der Waals surface area (Å²) in [5, 5.41) is 8.59. The van der Waals surface area contributed by atoms with Crippen molar-refractivity contribution < 1.29 is 4.79 Å². The molecule has 0 aliphatic carbocycles. The van der Waals surface area contributed by atoms with Crippen LogP contribution < -0.4 is 0 Å². The average Bonchev–Trinajstić information content (AvgIpc) is 2.40. The molecule has 0 aromatic carbocycles. The second-order valence-corrected chi connectivity index (χ2v) is 4.01. The first kappa shape index (κ1) is 16.1. The van der Waals surface area contributed by atoms with E-state index in [1.165, 1.54) is 0 Å². The van der Waals surface area contributed by atoms with Gasteiger partial charge in [-0.05, 0) is 11.6 Å². The third-order valence-corrected chi connectivity index (χ3v) is 2.23. The Morgan fingerprint density at radius 2 is 2.06 bits per heavy atom. The smallest absolute Gasteiger partial charge is 0.225 e. The Hall–Kier alpha value is -1.89. The molecule has 98 valence electrons. The first-order valence-corrected chi connectivity index (χ1v) is 6.14. The maximum atomic E-state index is 11.6. The minimum absolute atomic E-state index is 0.00339. The van der Waals surface area contributed by atoms with Crippen LogP contribution in [-0.4, -0.2) is 22.8 Å². The molecular formula is C14H21N3O. The van der Waals surface area contributed by atoms with E-state index in [0.29, 0.717) is 12.2 Å². The highest BCUT2D eigenvalue weighted by molar-refractivity contribution is 5.77. The van der Waals surface area contributed by atoms with Crippen LogP contribution >= 0.6 is 0 Å². The predicted octanol–water partition coefficient (Wildman–Crippen LogP) is 2.59. The fourth-order valence-electron chi connectivity index (χ4n) is 1.38. The lowest BCUT2D eigenvalue weighted by Crippen LogP contribution is -2.29. The maximum absolute atomic E-state index is 11.6. The van der Waals surface area contributed by atoms with Gasteiger partial charge in [0.1, 0.15) is 11.8 Å². The standard InChI is InChI=1S/C12H15N3O.C2H6/c1-9(2)12(16)15(3)8-10-4-5-11(6-13)14-7-10;1-2/h4-5,7,9H,8H2,1-3H3;1-2H3. The van der Waals surface area contributed by atoms with Crippen LogP contribution in [-0.2, 0) is 11.3 Å². The summed E-state index contributed by atoms with van der Waals surface area (Å²) in [7, 11) is 1.76. The molecule has 1 rings (SSSR count). The Morgan fingerprint density at radius 1 is 1.44 bits per heavy atom. The van der Waals surface area contributed by atoms with E-state index in [4.69, 9.17) is 5.26 Å². The lowest BCUT2D eigenvalue weighted by atomic mass is 10.2. The summed E-state index contributed by atoms with van der Waals surface area (Å²) < 4.78 is 0. The van der Waals surface area contributed by atoms with Crippen LogP contribution in [0.25, 0.3) is 0 Å². The molecule has 1 aromatic heterocycles. The topological polar surface area (TPSA) is 57.0 Å². The maximum Gasteiger partial charge on any atom is 0.225 e. The van der Waals surface area contributed by atoms with Gasteiger partial charge in [0, 0.05) is 25.7 Å². The fraction of sp³-hybridized carbons (Fsp3) is 0.500. The van der Waals surface area contributed by atoms with Gasteiger partial charge < -0.3 is 4.90 Å². The Morgan fingerprint density at radius 3 is 2.44 bits per heavy atom. The van der Waals surface area contributed by atoms with E-state index in [-0.39, 0.29) is 11.8 Å². The molecule has 0 spiro atoms. The number of nitriles is 1. The molecule has 0 bridgehead atoms. The number of carbonyl (C=O) groups is 1. The zero-order valence-electron chi connectivity index (χ0n) is 11.8. The van der Waals surface area contributed by atoms with Crippen LogP contribution in [0.15, 0.2) is 18.3 Å². The van der Waals surface area contributed by atoms with E-state index < -0.39 is 0 Å². The van der Waals surface area contributed by atoms with Gasteiger partial charge in [0.15, 0.2) is 0 Å². The number of hydrogen-bond acceptors (Lipinski definition) is 3. The molecule has 0 saturated heterocycles. The summed E-state index contributed by atoms with van der Waals surface area (Å²) in [6, 6.07) is 5.43. The predicted molar refractivity (Wildman–Crippen MR) is 71.6 cm³/mol. The number of nitrogens with zero attached hydrogens (tertiary/aromatic N) is 3. The first-order valence-electron chi connectivity index (χ1n) is 6.14. The molecule has 18 heavy (non-hydrogen) atoms. The molecule has 0 radical (unpaired) electrons. The van der Waals surface area contributed by atoms with Gasteiger partial charge in [-0.25, -0.2) is 4.98 Å². The van der Waals surface area contributed by atoms with E-state index in [1.807, 2.05) is 39.8 Å². The molecule has 0 unspecified atom stereocenters.